The van der Waals surface area contributed by atoms with Crippen LogP contribution in [0.5, 0.6) is 5.88 Å². The van der Waals surface area contributed by atoms with Crippen molar-refractivity contribution in [2.24, 2.45) is 5.73 Å². The Morgan fingerprint density at radius 1 is 0.947 bits per heavy atom. The second kappa shape index (κ2) is 8.15. The molecule has 6 nitrogen and oxygen atoms in total. The molecule has 0 aliphatic heterocycles. The molecule has 6 rings (SSSR count). The van der Waals surface area contributed by atoms with Crippen molar-refractivity contribution in [2.45, 2.75) is 33.1 Å². The molecule has 2 heterocycles. The molecule has 0 bridgehead atoms. The first-order valence-electron chi connectivity index (χ1n) is 12.6. The minimum Gasteiger partial charge on any atom is -0.494 e. The van der Waals surface area contributed by atoms with E-state index in [1.165, 1.54) is 5.56 Å². The molecule has 0 unspecified atom stereocenters. The van der Waals surface area contributed by atoms with Gasteiger partial charge in [0.2, 0.25) is 5.88 Å². The van der Waals surface area contributed by atoms with E-state index < -0.39 is 5.91 Å². The van der Waals surface area contributed by atoms with Crippen LogP contribution in [-0.4, -0.2) is 20.6 Å². The van der Waals surface area contributed by atoms with Gasteiger partial charge in [-0.15, -0.1) is 0 Å². The number of benzene rings is 4. The van der Waals surface area contributed by atoms with Crippen molar-refractivity contribution in [3.8, 4) is 22.7 Å². The Bertz CT molecular complexity index is 1920. The normalized spacial score (nSPS) is 12.1. The molecule has 1 amide bonds. The van der Waals surface area contributed by atoms with Crippen molar-refractivity contribution in [1.29, 1.82) is 0 Å². The van der Waals surface area contributed by atoms with E-state index in [9.17, 15) is 9.90 Å². The number of rotatable bonds is 3. The molecule has 6 heteroatoms. The lowest BCUT2D eigenvalue weighted by Gasteiger charge is -2.18. The maximum atomic E-state index is 12.3. The highest BCUT2D eigenvalue weighted by atomic mass is 16.3. The number of fused-ring (bicyclic) bond motifs is 4. The molecule has 0 radical (unpaired) electrons. The number of nitrogens with two attached hydrogens (primary N) is 2. The zero-order valence-corrected chi connectivity index (χ0v) is 21.9. The van der Waals surface area contributed by atoms with Crippen LogP contribution in [0.15, 0.2) is 72.9 Å². The van der Waals surface area contributed by atoms with Gasteiger partial charge in [0, 0.05) is 38.9 Å². The van der Waals surface area contributed by atoms with E-state index in [-0.39, 0.29) is 11.3 Å². The maximum Gasteiger partial charge on any atom is 0.250 e. The van der Waals surface area contributed by atoms with E-state index in [1.54, 1.807) is 6.07 Å². The number of aromatic hydroxyl groups is 1. The smallest absolute Gasteiger partial charge is 0.250 e. The quantitative estimate of drug-likeness (QED) is 0.197. The first-order valence-corrected chi connectivity index (χ1v) is 12.6. The van der Waals surface area contributed by atoms with E-state index >= 15 is 0 Å². The molecule has 0 atom stereocenters. The molecule has 0 aliphatic carbocycles. The van der Waals surface area contributed by atoms with E-state index in [2.05, 4.69) is 50.9 Å². The van der Waals surface area contributed by atoms with Gasteiger partial charge < -0.3 is 21.6 Å². The summed E-state index contributed by atoms with van der Waals surface area (Å²) in [6.07, 6.45) is 1.99. The molecule has 0 saturated carbocycles. The number of amides is 1. The standard InChI is InChI=1S/C32H30N4O2/c1-17-21(23-12-13-25(30(34)37)29-28(23)24-11-9-20(33)15-26(24)35-29)6-5-7-27(17)36-16-18-14-19(32(2,3)4)8-10-22(18)31(36)38/h5-16,35,38H,33H2,1-4H3,(H2,34,37). The van der Waals surface area contributed by atoms with Crippen LogP contribution in [0, 0.1) is 6.92 Å². The zero-order chi connectivity index (χ0) is 26.9. The lowest BCUT2D eigenvalue weighted by molar-refractivity contribution is 0.100. The minimum atomic E-state index is -0.495. The fourth-order valence-electron chi connectivity index (χ4n) is 5.49. The van der Waals surface area contributed by atoms with E-state index in [0.29, 0.717) is 16.8 Å². The van der Waals surface area contributed by atoms with Gasteiger partial charge in [-0.05, 0) is 71.0 Å². The molecule has 0 fully saturated rings. The van der Waals surface area contributed by atoms with Crippen LogP contribution in [-0.2, 0) is 5.41 Å². The summed E-state index contributed by atoms with van der Waals surface area (Å²) < 4.78 is 1.85. The van der Waals surface area contributed by atoms with Gasteiger partial charge in [0.05, 0.1) is 16.8 Å². The number of carbonyl (C=O) groups excluding carboxylic acids is 1. The number of carbonyl (C=O) groups is 1. The minimum absolute atomic E-state index is 0.00812. The van der Waals surface area contributed by atoms with Gasteiger partial charge in [0.1, 0.15) is 0 Å². The SMILES string of the molecule is Cc1c(-c2ccc(C(N)=O)c3[nH]c4cc(N)ccc4c23)cccc1-n1cc2cc(C(C)(C)C)ccc2c1O. The molecule has 2 aromatic heterocycles. The van der Waals surface area contributed by atoms with Crippen molar-refractivity contribution < 1.29 is 9.90 Å². The van der Waals surface area contributed by atoms with Crippen molar-refractivity contribution >= 4 is 44.2 Å². The van der Waals surface area contributed by atoms with Crippen LogP contribution in [0.1, 0.15) is 42.3 Å². The van der Waals surface area contributed by atoms with E-state index in [0.717, 1.165) is 49.4 Å². The van der Waals surface area contributed by atoms with E-state index in [1.807, 2.05) is 53.2 Å². The summed E-state index contributed by atoms with van der Waals surface area (Å²) >= 11 is 0. The number of hydrogen-bond donors (Lipinski definition) is 4. The van der Waals surface area contributed by atoms with Gasteiger partial charge in [0.25, 0.3) is 5.91 Å². The molecule has 190 valence electrons. The Hall–Kier alpha value is -4.71. The van der Waals surface area contributed by atoms with Crippen LogP contribution in [0.3, 0.4) is 0 Å². The highest BCUT2D eigenvalue weighted by Crippen LogP contribution is 2.41. The molecule has 4 aromatic carbocycles. The highest BCUT2D eigenvalue weighted by Gasteiger charge is 2.21. The Morgan fingerprint density at radius 2 is 1.71 bits per heavy atom. The van der Waals surface area contributed by atoms with Crippen LogP contribution in [0.2, 0.25) is 0 Å². The third-order valence-corrected chi connectivity index (χ3v) is 7.55. The maximum absolute atomic E-state index is 12.3. The molecule has 0 aliphatic rings. The fourth-order valence-corrected chi connectivity index (χ4v) is 5.49. The summed E-state index contributed by atoms with van der Waals surface area (Å²) in [5.41, 5.74) is 19.4. The van der Waals surface area contributed by atoms with Crippen molar-refractivity contribution in [1.82, 2.24) is 9.55 Å². The second-order valence-corrected chi connectivity index (χ2v) is 11.0. The Kier molecular flexibility index (Phi) is 5.08. The monoisotopic (exact) mass is 502 g/mol. The Morgan fingerprint density at radius 3 is 2.45 bits per heavy atom. The number of nitrogens with zero attached hydrogens (tertiary/aromatic N) is 1. The van der Waals surface area contributed by atoms with Gasteiger partial charge in [-0.2, -0.15) is 0 Å². The predicted octanol–water partition coefficient (Wildman–Crippen LogP) is 6.92. The third kappa shape index (κ3) is 3.52. The first-order chi connectivity index (χ1) is 18.0. The summed E-state index contributed by atoms with van der Waals surface area (Å²) in [6, 6.07) is 21.7. The van der Waals surface area contributed by atoms with Gasteiger partial charge in [0.15, 0.2) is 0 Å². The average molecular weight is 503 g/mol. The third-order valence-electron chi connectivity index (χ3n) is 7.55. The summed E-state index contributed by atoms with van der Waals surface area (Å²) in [5, 5.41) is 14.9. The lowest BCUT2D eigenvalue weighted by atomic mass is 9.86. The molecular weight excluding hydrogens is 472 g/mol. The lowest BCUT2D eigenvalue weighted by Crippen LogP contribution is -2.11. The molecule has 6 N–H and O–H groups in total. The molecule has 38 heavy (non-hydrogen) atoms. The van der Waals surface area contributed by atoms with Crippen LogP contribution >= 0.6 is 0 Å². The molecular formula is C32H30N4O2. The number of nitrogen functional groups attached to an aromatic ring is 1. The van der Waals surface area contributed by atoms with Gasteiger partial charge in [-0.1, -0.05) is 51.1 Å². The fraction of sp³-hybridized carbons (Fsp3) is 0.156. The summed E-state index contributed by atoms with van der Waals surface area (Å²) in [4.78, 5) is 15.6. The first kappa shape index (κ1) is 23.7. The van der Waals surface area contributed by atoms with Crippen molar-refractivity contribution in [3.05, 3.63) is 89.6 Å². The largest absolute Gasteiger partial charge is 0.494 e. The van der Waals surface area contributed by atoms with Gasteiger partial charge in [-0.25, -0.2) is 0 Å². The zero-order valence-electron chi connectivity index (χ0n) is 21.9. The summed E-state index contributed by atoms with van der Waals surface area (Å²) in [6.45, 7) is 8.60. The summed E-state index contributed by atoms with van der Waals surface area (Å²) in [5.74, 6) is -0.289. The summed E-state index contributed by atoms with van der Waals surface area (Å²) in [7, 11) is 0. The molecule has 0 saturated heterocycles. The second-order valence-electron chi connectivity index (χ2n) is 11.0. The number of aromatic amines is 1. The van der Waals surface area contributed by atoms with Crippen molar-refractivity contribution in [2.75, 3.05) is 5.73 Å². The number of nitrogens with one attached hydrogen (secondary N) is 1. The van der Waals surface area contributed by atoms with Crippen LogP contribution in [0.25, 0.3) is 49.4 Å². The van der Waals surface area contributed by atoms with Crippen molar-refractivity contribution in [3.63, 3.8) is 0 Å². The number of aromatic nitrogens is 2. The van der Waals surface area contributed by atoms with Gasteiger partial charge in [-0.3, -0.25) is 9.36 Å². The topological polar surface area (TPSA) is 110 Å². The van der Waals surface area contributed by atoms with E-state index in [4.69, 9.17) is 11.5 Å². The number of H-pyrrole nitrogens is 1. The number of anilines is 1. The molecule has 0 spiro atoms. The van der Waals surface area contributed by atoms with Crippen LogP contribution in [0.4, 0.5) is 5.69 Å². The predicted molar refractivity (Wildman–Crippen MR) is 156 cm³/mol. The number of primary amides is 1. The Balaban J connectivity index is 1.60. The average Bonchev–Trinajstić information content (AvgIpc) is 3.40. The number of hydrogen-bond acceptors (Lipinski definition) is 3. The molecule has 6 aromatic rings. The van der Waals surface area contributed by atoms with Crippen LogP contribution < -0.4 is 11.5 Å². The van der Waals surface area contributed by atoms with Gasteiger partial charge >= 0.3 is 0 Å². The Labute approximate surface area is 220 Å². The highest BCUT2D eigenvalue weighted by molar-refractivity contribution is 6.20.